The Labute approximate surface area is 85.0 Å². The normalized spacial score (nSPS) is 10.5. The Kier molecular flexibility index (Phi) is 8.14. The largest absolute Gasteiger partial charge is 0.454 e. The first-order valence-electron chi connectivity index (χ1n) is 4.60. The minimum Gasteiger partial charge on any atom is -0.454 e. The molecule has 0 bridgehead atoms. The Hall–Kier alpha value is -0.280. The van der Waals surface area contributed by atoms with Crippen LogP contribution in [0.2, 0.25) is 0 Å². The third-order valence-electron chi connectivity index (χ3n) is 1.72. The van der Waals surface area contributed by atoms with Crippen molar-refractivity contribution >= 4 is 17.0 Å². The van der Waals surface area contributed by atoms with Gasteiger partial charge in [-0.2, -0.15) is 0 Å². The van der Waals surface area contributed by atoms with Crippen LogP contribution in [0.25, 0.3) is 0 Å². The zero-order valence-electron chi connectivity index (χ0n) is 8.38. The van der Waals surface area contributed by atoms with Gasteiger partial charge in [-0.3, -0.25) is 0 Å². The summed E-state index contributed by atoms with van der Waals surface area (Å²) in [6.45, 7) is 1.57. The van der Waals surface area contributed by atoms with Gasteiger partial charge in [0.15, 0.2) is 0 Å². The van der Waals surface area contributed by atoms with Gasteiger partial charge in [-0.05, 0) is 33.5 Å². The molecule has 0 spiro atoms. The number of carbonyl (C=O) groups excluding carboxylic acids is 1. The van der Waals surface area contributed by atoms with Gasteiger partial charge in [0.2, 0.25) is 0 Å². The molecule has 0 atom stereocenters. The summed E-state index contributed by atoms with van der Waals surface area (Å²) in [5.74, 6) is 0. The van der Waals surface area contributed by atoms with E-state index in [-0.39, 0.29) is 0 Å². The second-order valence-corrected chi connectivity index (χ2v) is 3.61. The minimum absolute atomic E-state index is 0.449. The van der Waals surface area contributed by atoms with Crippen LogP contribution in [-0.2, 0) is 4.74 Å². The molecule has 0 amide bonds. The Morgan fingerprint density at radius 1 is 1.23 bits per heavy atom. The summed E-state index contributed by atoms with van der Waals surface area (Å²) < 4.78 is 4.59. The zero-order chi connectivity index (χ0) is 10.1. The van der Waals surface area contributed by atoms with Crippen molar-refractivity contribution in [2.75, 3.05) is 27.2 Å². The maximum absolute atomic E-state index is 10.2. The van der Waals surface area contributed by atoms with Crippen molar-refractivity contribution in [3.63, 3.8) is 0 Å². The highest BCUT2D eigenvalue weighted by molar-refractivity contribution is 6.61. The lowest BCUT2D eigenvalue weighted by Crippen LogP contribution is -2.12. The second kappa shape index (κ2) is 8.32. The number of carbonyl (C=O) groups is 1. The van der Waals surface area contributed by atoms with Crippen molar-refractivity contribution < 1.29 is 9.53 Å². The fourth-order valence-corrected chi connectivity index (χ4v) is 1.11. The van der Waals surface area contributed by atoms with Gasteiger partial charge in [-0.25, -0.2) is 4.79 Å². The molecular formula is C9H18ClNO2. The molecule has 4 heteroatoms. The van der Waals surface area contributed by atoms with E-state index in [9.17, 15) is 4.79 Å². The lowest BCUT2D eigenvalue weighted by molar-refractivity contribution is 0.170. The topological polar surface area (TPSA) is 29.5 Å². The van der Waals surface area contributed by atoms with E-state index in [1.807, 2.05) is 0 Å². The standard InChI is InChI=1S/C9H18ClNO2/c1-11(2)7-5-3-4-6-8-13-9(10)12/h3-8H2,1-2H3. The summed E-state index contributed by atoms with van der Waals surface area (Å²) in [6.07, 6.45) is 4.38. The van der Waals surface area contributed by atoms with Gasteiger partial charge in [0.1, 0.15) is 0 Å². The number of unbranched alkanes of at least 4 members (excludes halogenated alkanes) is 3. The van der Waals surface area contributed by atoms with Crippen LogP contribution in [0.4, 0.5) is 4.79 Å². The van der Waals surface area contributed by atoms with Gasteiger partial charge in [-0.15, -0.1) is 0 Å². The fraction of sp³-hybridized carbons (Fsp3) is 0.889. The maximum atomic E-state index is 10.2. The molecule has 0 radical (unpaired) electrons. The summed E-state index contributed by atoms with van der Waals surface area (Å²) in [6, 6.07) is 0. The van der Waals surface area contributed by atoms with Crippen LogP contribution >= 0.6 is 11.6 Å². The number of rotatable bonds is 7. The van der Waals surface area contributed by atoms with Gasteiger partial charge in [-0.1, -0.05) is 12.8 Å². The maximum Gasteiger partial charge on any atom is 0.403 e. The molecule has 0 saturated heterocycles. The summed E-state index contributed by atoms with van der Waals surface area (Å²) in [5.41, 5.74) is -0.701. The molecule has 0 aromatic carbocycles. The van der Waals surface area contributed by atoms with E-state index >= 15 is 0 Å². The fourth-order valence-electron chi connectivity index (χ4n) is 1.04. The van der Waals surface area contributed by atoms with Crippen LogP contribution in [0.15, 0.2) is 0 Å². The summed E-state index contributed by atoms with van der Waals surface area (Å²) in [5, 5.41) is 0. The lowest BCUT2D eigenvalue weighted by atomic mass is 10.2. The average Bonchev–Trinajstić information content (AvgIpc) is 2.01. The van der Waals surface area contributed by atoms with E-state index in [0.29, 0.717) is 6.61 Å². The number of ether oxygens (including phenoxy) is 1. The highest BCUT2D eigenvalue weighted by Gasteiger charge is 1.95. The monoisotopic (exact) mass is 207 g/mol. The molecule has 0 aromatic heterocycles. The SMILES string of the molecule is CN(C)CCCCCCOC(=O)Cl. The second-order valence-electron chi connectivity index (χ2n) is 3.30. The third kappa shape index (κ3) is 11.7. The van der Waals surface area contributed by atoms with Crippen molar-refractivity contribution in [1.82, 2.24) is 4.90 Å². The zero-order valence-corrected chi connectivity index (χ0v) is 9.14. The number of hydrogen-bond acceptors (Lipinski definition) is 3. The molecule has 0 rings (SSSR count). The van der Waals surface area contributed by atoms with E-state index in [1.54, 1.807) is 0 Å². The van der Waals surface area contributed by atoms with Gasteiger partial charge >= 0.3 is 5.43 Å². The van der Waals surface area contributed by atoms with Crippen LogP contribution in [-0.4, -0.2) is 37.6 Å². The van der Waals surface area contributed by atoms with Gasteiger partial charge in [0, 0.05) is 11.6 Å². The van der Waals surface area contributed by atoms with Crippen LogP contribution in [0.1, 0.15) is 25.7 Å². The minimum atomic E-state index is -0.701. The molecule has 0 heterocycles. The van der Waals surface area contributed by atoms with Gasteiger partial charge in [0.05, 0.1) is 6.61 Å². The molecule has 0 N–H and O–H groups in total. The average molecular weight is 208 g/mol. The molecule has 0 unspecified atom stereocenters. The number of halogens is 1. The first-order chi connectivity index (χ1) is 6.13. The van der Waals surface area contributed by atoms with E-state index in [2.05, 4.69) is 23.7 Å². The van der Waals surface area contributed by atoms with Crippen molar-refractivity contribution in [2.45, 2.75) is 25.7 Å². The van der Waals surface area contributed by atoms with Gasteiger partial charge in [0.25, 0.3) is 0 Å². The van der Waals surface area contributed by atoms with Crippen molar-refractivity contribution in [2.24, 2.45) is 0 Å². The highest BCUT2D eigenvalue weighted by atomic mass is 35.5. The summed E-state index contributed by atoms with van der Waals surface area (Å²) >= 11 is 4.99. The lowest BCUT2D eigenvalue weighted by Gasteiger charge is -2.08. The molecule has 0 fully saturated rings. The first-order valence-corrected chi connectivity index (χ1v) is 4.97. The molecule has 13 heavy (non-hydrogen) atoms. The predicted molar refractivity (Wildman–Crippen MR) is 54.2 cm³/mol. The van der Waals surface area contributed by atoms with Crippen LogP contribution in [0.3, 0.4) is 0 Å². The predicted octanol–water partition coefficient (Wildman–Crippen LogP) is 2.48. The Bertz CT molecular complexity index is 140. The van der Waals surface area contributed by atoms with E-state index < -0.39 is 5.43 Å². The number of nitrogens with zero attached hydrogens (tertiary/aromatic N) is 1. The Balaban J connectivity index is 2.96. The van der Waals surface area contributed by atoms with E-state index in [1.165, 1.54) is 12.8 Å². The van der Waals surface area contributed by atoms with Crippen molar-refractivity contribution in [3.8, 4) is 0 Å². The molecule has 0 aromatic rings. The van der Waals surface area contributed by atoms with Crippen LogP contribution in [0.5, 0.6) is 0 Å². The Morgan fingerprint density at radius 3 is 2.38 bits per heavy atom. The highest BCUT2D eigenvalue weighted by Crippen LogP contribution is 2.01. The van der Waals surface area contributed by atoms with Gasteiger partial charge < -0.3 is 9.64 Å². The van der Waals surface area contributed by atoms with Crippen LogP contribution in [0, 0.1) is 0 Å². The molecule has 0 aliphatic heterocycles. The molecule has 0 saturated carbocycles. The summed E-state index contributed by atoms with van der Waals surface area (Å²) in [4.78, 5) is 12.3. The van der Waals surface area contributed by atoms with E-state index in [4.69, 9.17) is 11.6 Å². The molecule has 0 aliphatic rings. The van der Waals surface area contributed by atoms with Crippen molar-refractivity contribution in [3.05, 3.63) is 0 Å². The first kappa shape index (κ1) is 12.7. The quantitative estimate of drug-likeness (QED) is 0.475. The molecule has 3 nitrogen and oxygen atoms in total. The third-order valence-corrected chi connectivity index (χ3v) is 1.82. The smallest absolute Gasteiger partial charge is 0.403 e. The Morgan fingerprint density at radius 2 is 1.85 bits per heavy atom. The summed E-state index contributed by atoms with van der Waals surface area (Å²) in [7, 11) is 4.13. The number of hydrogen-bond donors (Lipinski definition) is 0. The molecule has 78 valence electrons. The van der Waals surface area contributed by atoms with Crippen LogP contribution < -0.4 is 0 Å². The molecular weight excluding hydrogens is 190 g/mol. The van der Waals surface area contributed by atoms with E-state index in [0.717, 1.165) is 19.4 Å². The van der Waals surface area contributed by atoms with Crippen molar-refractivity contribution in [1.29, 1.82) is 0 Å². The molecule has 0 aliphatic carbocycles.